The van der Waals surface area contributed by atoms with Crippen molar-refractivity contribution in [1.82, 2.24) is 14.8 Å². The number of hydrogen-bond donors (Lipinski definition) is 0. The summed E-state index contributed by atoms with van der Waals surface area (Å²) in [6, 6.07) is 4.80. The summed E-state index contributed by atoms with van der Waals surface area (Å²) in [5.74, 6) is -0.475. The third-order valence-corrected chi connectivity index (χ3v) is 6.92. The zero-order valence-corrected chi connectivity index (χ0v) is 20.0. The Morgan fingerprint density at radius 1 is 1.23 bits per heavy atom. The van der Waals surface area contributed by atoms with Crippen molar-refractivity contribution in [3.63, 3.8) is 0 Å². The molecule has 166 valence electrons. The lowest BCUT2D eigenvalue weighted by molar-refractivity contribution is -0.137. The van der Waals surface area contributed by atoms with E-state index < -0.39 is 17.7 Å². The molecule has 0 aliphatic carbocycles. The molecule has 6 nitrogen and oxygen atoms in total. The molecular formula is C19H17BrF3N3O3S2. The highest BCUT2D eigenvalue weighted by Gasteiger charge is 2.31. The number of alkyl halides is 3. The van der Waals surface area contributed by atoms with Crippen molar-refractivity contribution in [2.45, 2.75) is 29.5 Å². The number of halogens is 4. The molecule has 0 spiro atoms. The Morgan fingerprint density at radius 3 is 2.39 bits per heavy atom. The Kier molecular flexibility index (Phi) is 7.01. The van der Waals surface area contributed by atoms with E-state index in [1.54, 1.807) is 0 Å². The lowest BCUT2D eigenvalue weighted by Crippen LogP contribution is -2.10. The standard InChI is InChI=1S/C19H17BrF3N3O3S2/c1-9(2)30-17-13(10-5-7-11(8-6-10)19(21,22)23)24-18(31-17)26-14(16(27)29-4)12(20)15(25-26)28-3/h5-9H,1-4H3. The minimum atomic E-state index is -4.42. The van der Waals surface area contributed by atoms with E-state index in [9.17, 15) is 18.0 Å². The van der Waals surface area contributed by atoms with Gasteiger partial charge in [0.15, 0.2) is 5.69 Å². The minimum Gasteiger partial charge on any atom is -0.479 e. The fourth-order valence-corrected chi connectivity index (χ4v) is 5.65. The number of thiazole rings is 1. The molecule has 0 bridgehead atoms. The van der Waals surface area contributed by atoms with Gasteiger partial charge >= 0.3 is 12.1 Å². The third-order valence-electron chi connectivity index (χ3n) is 3.96. The number of methoxy groups -OCH3 is 2. The molecule has 31 heavy (non-hydrogen) atoms. The topological polar surface area (TPSA) is 66.2 Å². The lowest BCUT2D eigenvalue weighted by Gasteiger charge is -2.08. The number of aromatic nitrogens is 3. The summed E-state index contributed by atoms with van der Waals surface area (Å²) in [6.45, 7) is 3.99. The van der Waals surface area contributed by atoms with E-state index in [0.717, 1.165) is 16.3 Å². The molecule has 3 aromatic rings. The summed E-state index contributed by atoms with van der Waals surface area (Å²) in [5.41, 5.74) is 0.386. The molecule has 0 unspecified atom stereocenters. The predicted molar refractivity (Wildman–Crippen MR) is 116 cm³/mol. The van der Waals surface area contributed by atoms with Crippen LogP contribution < -0.4 is 4.74 Å². The van der Waals surface area contributed by atoms with E-state index in [1.807, 2.05) is 13.8 Å². The Bertz CT molecular complexity index is 1100. The second-order valence-electron chi connectivity index (χ2n) is 6.45. The summed E-state index contributed by atoms with van der Waals surface area (Å²) in [7, 11) is 2.65. The van der Waals surface area contributed by atoms with Crippen LogP contribution in [0.4, 0.5) is 13.2 Å². The number of carbonyl (C=O) groups excluding carboxylic acids is 1. The highest BCUT2D eigenvalue weighted by Crippen LogP contribution is 2.41. The van der Waals surface area contributed by atoms with Gasteiger partial charge in [0, 0.05) is 10.8 Å². The first kappa shape index (κ1) is 23.6. The summed E-state index contributed by atoms with van der Waals surface area (Å²) in [6.07, 6.45) is -4.42. The van der Waals surface area contributed by atoms with Crippen LogP contribution >= 0.6 is 39.0 Å². The van der Waals surface area contributed by atoms with Crippen molar-refractivity contribution in [2.75, 3.05) is 14.2 Å². The molecule has 0 saturated carbocycles. The number of esters is 1. The maximum Gasteiger partial charge on any atom is 0.416 e. The number of hydrogen-bond acceptors (Lipinski definition) is 7. The van der Waals surface area contributed by atoms with Gasteiger partial charge in [0.2, 0.25) is 11.0 Å². The van der Waals surface area contributed by atoms with Crippen molar-refractivity contribution >= 4 is 45.0 Å². The fraction of sp³-hybridized carbons (Fsp3) is 0.316. The average Bonchev–Trinajstić information content (AvgIpc) is 3.27. The van der Waals surface area contributed by atoms with Gasteiger partial charge in [0.1, 0.15) is 4.47 Å². The van der Waals surface area contributed by atoms with E-state index in [-0.39, 0.29) is 16.8 Å². The van der Waals surface area contributed by atoms with Crippen molar-refractivity contribution in [1.29, 1.82) is 0 Å². The molecule has 0 aliphatic rings. The van der Waals surface area contributed by atoms with Gasteiger partial charge in [-0.25, -0.2) is 9.78 Å². The van der Waals surface area contributed by atoms with Crippen LogP contribution in [0.5, 0.6) is 5.88 Å². The number of rotatable bonds is 6. The van der Waals surface area contributed by atoms with E-state index >= 15 is 0 Å². The summed E-state index contributed by atoms with van der Waals surface area (Å²) < 4.78 is 51.2. The van der Waals surface area contributed by atoms with Crippen LogP contribution in [0.1, 0.15) is 29.9 Å². The molecule has 0 atom stereocenters. The molecule has 1 aromatic carbocycles. The fourth-order valence-electron chi connectivity index (χ4n) is 2.60. The van der Waals surface area contributed by atoms with E-state index in [4.69, 9.17) is 9.47 Å². The van der Waals surface area contributed by atoms with Crippen LogP contribution in [0, 0.1) is 0 Å². The Balaban J connectivity index is 2.15. The van der Waals surface area contributed by atoms with Gasteiger partial charge in [-0.15, -0.1) is 16.9 Å². The largest absolute Gasteiger partial charge is 0.479 e. The van der Waals surface area contributed by atoms with Gasteiger partial charge in [-0.1, -0.05) is 37.3 Å². The molecule has 3 rings (SSSR count). The Hall–Kier alpha value is -2.05. The predicted octanol–water partition coefficient (Wildman–Crippen LogP) is 6.07. The molecule has 2 aromatic heterocycles. The first-order valence-electron chi connectivity index (χ1n) is 8.83. The molecule has 0 fully saturated rings. The van der Waals surface area contributed by atoms with Gasteiger partial charge in [-0.3, -0.25) is 0 Å². The summed E-state index contributed by atoms with van der Waals surface area (Å²) >= 11 is 6.08. The number of ether oxygens (including phenoxy) is 2. The highest BCUT2D eigenvalue weighted by atomic mass is 79.9. The summed E-state index contributed by atoms with van der Waals surface area (Å²) in [4.78, 5) is 16.9. The zero-order chi connectivity index (χ0) is 22.9. The highest BCUT2D eigenvalue weighted by molar-refractivity contribution is 9.10. The van der Waals surface area contributed by atoms with Crippen molar-refractivity contribution in [2.24, 2.45) is 0 Å². The van der Waals surface area contributed by atoms with Gasteiger partial charge in [-0.2, -0.15) is 17.9 Å². The van der Waals surface area contributed by atoms with Gasteiger partial charge < -0.3 is 9.47 Å². The molecule has 0 saturated heterocycles. The molecule has 0 amide bonds. The minimum absolute atomic E-state index is 0.0909. The maximum absolute atomic E-state index is 12.9. The monoisotopic (exact) mass is 535 g/mol. The Morgan fingerprint density at radius 2 is 1.87 bits per heavy atom. The van der Waals surface area contributed by atoms with Gasteiger partial charge in [0.05, 0.1) is 29.7 Å². The average molecular weight is 536 g/mol. The molecule has 0 aliphatic heterocycles. The van der Waals surface area contributed by atoms with E-state index in [0.29, 0.717) is 20.9 Å². The first-order chi connectivity index (χ1) is 14.6. The SMILES string of the molecule is COC(=O)c1c(Br)c(OC)nn1-c1nc(-c2ccc(C(F)(F)F)cc2)c(SC(C)C)s1. The second-order valence-corrected chi connectivity index (χ2v) is 10.1. The molecule has 12 heteroatoms. The van der Waals surface area contributed by atoms with Crippen LogP contribution in [-0.2, 0) is 10.9 Å². The number of benzene rings is 1. The van der Waals surface area contributed by atoms with Gasteiger partial charge in [0.25, 0.3) is 0 Å². The third kappa shape index (κ3) is 4.90. The Labute approximate surface area is 192 Å². The van der Waals surface area contributed by atoms with Crippen LogP contribution in [-0.4, -0.2) is 40.2 Å². The number of thioether (sulfide) groups is 1. The van der Waals surface area contributed by atoms with Crippen LogP contribution in [0.15, 0.2) is 32.9 Å². The molecule has 0 radical (unpaired) electrons. The molecule has 2 heterocycles. The van der Waals surface area contributed by atoms with E-state index in [1.165, 1.54) is 54.1 Å². The molecular weight excluding hydrogens is 519 g/mol. The molecule has 0 N–H and O–H groups in total. The van der Waals surface area contributed by atoms with E-state index in [2.05, 4.69) is 26.0 Å². The van der Waals surface area contributed by atoms with Gasteiger partial charge in [-0.05, 0) is 28.1 Å². The van der Waals surface area contributed by atoms with Crippen molar-refractivity contribution in [3.8, 4) is 22.3 Å². The smallest absolute Gasteiger partial charge is 0.416 e. The van der Waals surface area contributed by atoms with Crippen LogP contribution in [0.2, 0.25) is 0 Å². The quantitative estimate of drug-likeness (QED) is 0.281. The van der Waals surface area contributed by atoms with Crippen LogP contribution in [0.25, 0.3) is 16.4 Å². The number of carbonyl (C=O) groups is 1. The normalized spacial score (nSPS) is 11.8. The first-order valence-corrected chi connectivity index (χ1v) is 11.3. The zero-order valence-electron chi connectivity index (χ0n) is 16.8. The van der Waals surface area contributed by atoms with Crippen molar-refractivity contribution in [3.05, 3.63) is 40.0 Å². The second kappa shape index (κ2) is 9.21. The van der Waals surface area contributed by atoms with Crippen LogP contribution in [0.3, 0.4) is 0 Å². The van der Waals surface area contributed by atoms with Crippen molar-refractivity contribution < 1.29 is 27.4 Å². The maximum atomic E-state index is 12.9. The lowest BCUT2D eigenvalue weighted by atomic mass is 10.1. The number of nitrogens with zero attached hydrogens (tertiary/aromatic N) is 3. The summed E-state index contributed by atoms with van der Waals surface area (Å²) in [5, 5.41) is 4.82.